The summed E-state index contributed by atoms with van der Waals surface area (Å²) >= 11 is 0. The normalized spacial score (nSPS) is 23.4. The van der Waals surface area contributed by atoms with Gasteiger partial charge in [0.1, 0.15) is 5.56 Å². The summed E-state index contributed by atoms with van der Waals surface area (Å²) in [6, 6.07) is 0.116. The predicted octanol–water partition coefficient (Wildman–Crippen LogP) is 0.564. The quantitative estimate of drug-likeness (QED) is 0.786. The van der Waals surface area contributed by atoms with Crippen molar-refractivity contribution in [2.75, 3.05) is 26.7 Å². The largest absolute Gasteiger partial charge is 0.462 e. The highest BCUT2D eigenvalue weighted by molar-refractivity contribution is 5.88. The smallest absolute Gasteiger partial charge is 0.345 e. The van der Waals surface area contributed by atoms with Crippen molar-refractivity contribution in [1.29, 1.82) is 0 Å². The first-order valence-electron chi connectivity index (χ1n) is 8.96. The first-order chi connectivity index (χ1) is 12.4. The molecule has 2 heterocycles. The van der Waals surface area contributed by atoms with Crippen LogP contribution in [-0.2, 0) is 4.74 Å². The molecule has 0 radical (unpaired) electrons. The number of urea groups is 1. The molecule has 1 aliphatic heterocycles. The van der Waals surface area contributed by atoms with Gasteiger partial charge in [0.15, 0.2) is 0 Å². The van der Waals surface area contributed by atoms with Crippen molar-refractivity contribution >= 4 is 12.0 Å². The number of hydrogen-bond acceptors (Lipinski definition) is 5. The Kier molecular flexibility index (Phi) is 5.15. The van der Waals surface area contributed by atoms with Crippen molar-refractivity contribution in [3.63, 3.8) is 0 Å². The van der Waals surface area contributed by atoms with Crippen LogP contribution >= 0.6 is 0 Å². The summed E-state index contributed by atoms with van der Waals surface area (Å²) < 4.78 is 6.29. The fourth-order valence-corrected chi connectivity index (χ4v) is 3.77. The lowest BCUT2D eigenvalue weighted by molar-refractivity contribution is 0.0522. The highest BCUT2D eigenvalue weighted by atomic mass is 16.5. The molecule has 2 fully saturated rings. The number of carbonyl (C=O) groups excluding carboxylic acids is 2. The van der Waals surface area contributed by atoms with Gasteiger partial charge in [0.05, 0.1) is 6.61 Å². The van der Waals surface area contributed by atoms with Gasteiger partial charge < -0.3 is 14.5 Å². The van der Waals surface area contributed by atoms with E-state index in [1.165, 1.54) is 10.8 Å². The van der Waals surface area contributed by atoms with Gasteiger partial charge in [-0.15, -0.1) is 0 Å². The fraction of sp³-hybridized carbons (Fsp3) is 0.647. The summed E-state index contributed by atoms with van der Waals surface area (Å²) in [5, 5.41) is 0. The average Bonchev–Trinajstić information content (AvgIpc) is 2.95. The maximum Gasteiger partial charge on any atom is 0.345 e. The van der Waals surface area contributed by atoms with Crippen LogP contribution in [0.1, 0.15) is 49.0 Å². The molecule has 0 aromatic carbocycles. The number of nitrogens with one attached hydrogen (secondary N) is 1. The molecule has 3 rings (SSSR count). The molecule has 9 nitrogen and oxygen atoms in total. The van der Waals surface area contributed by atoms with Crippen LogP contribution in [0.3, 0.4) is 0 Å². The predicted molar refractivity (Wildman–Crippen MR) is 93.3 cm³/mol. The molecule has 1 saturated carbocycles. The number of amides is 2. The number of aromatic nitrogens is 2. The maximum atomic E-state index is 12.2. The zero-order valence-electron chi connectivity index (χ0n) is 15.1. The number of nitrogens with zero attached hydrogens (tertiary/aromatic N) is 3. The number of carbonyl (C=O) groups is 2. The zero-order valence-corrected chi connectivity index (χ0v) is 15.1. The van der Waals surface area contributed by atoms with E-state index in [1.54, 1.807) is 18.9 Å². The summed E-state index contributed by atoms with van der Waals surface area (Å²) in [6.45, 7) is 3.28. The van der Waals surface area contributed by atoms with Crippen molar-refractivity contribution in [2.24, 2.45) is 0 Å². The van der Waals surface area contributed by atoms with Crippen molar-refractivity contribution < 1.29 is 14.3 Å². The fourth-order valence-electron chi connectivity index (χ4n) is 3.77. The Morgan fingerprint density at radius 3 is 2.38 bits per heavy atom. The Hall–Kier alpha value is -2.58. The minimum atomic E-state index is -0.734. The van der Waals surface area contributed by atoms with Gasteiger partial charge in [0.2, 0.25) is 0 Å². The van der Waals surface area contributed by atoms with Crippen LogP contribution in [0, 0.1) is 0 Å². The van der Waals surface area contributed by atoms with Crippen LogP contribution < -0.4 is 11.2 Å². The van der Waals surface area contributed by atoms with Crippen LogP contribution in [0.25, 0.3) is 0 Å². The van der Waals surface area contributed by atoms with E-state index in [-0.39, 0.29) is 30.3 Å². The number of esters is 1. The molecule has 9 heteroatoms. The highest BCUT2D eigenvalue weighted by Crippen LogP contribution is 2.31. The Bertz CT molecular complexity index is 806. The standard InChI is InChI=1S/C17H24N4O5/c1-3-26-15(23)13-10-21(16(24)18-14(13)22)12-6-4-11(5-7-12)20-9-8-19(2)17(20)25/h10-12H,3-9H2,1-2H3,(H,18,22,24). The third-order valence-corrected chi connectivity index (χ3v) is 5.21. The van der Waals surface area contributed by atoms with E-state index >= 15 is 0 Å². The lowest BCUT2D eigenvalue weighted by atomic mass is 9.90. The third kappa shape index (κ3) is 3.38. The van der Waals surface area contributed by atoms with Gasteiger partial charge in [0.25, 0.3) is 5.56 Å². The number of H-pyrrole nitrogens is 1. The zero-order chi connectivity index (χ0) is 18.8. The van der Waals surface area contributed by atoms with E-state index in [0.717, 1.165) is 25.9 Å². The van der Waals surface area contributed by atoms with E-state index in [4.69, 9.17) is 4.74 Å². The molecule has 1 aliphatic carbocycles. The minimum Gasteiger partial charge on any atom is -0.462 e. The summed E-state index contributed by atoms with van der Waals surface area (Å²) in [5.74, 6) is -0.734. The molecule has 1 N–H and O–H groups in total. The van der Waals surface area contributed by atoms with E-state index in [1.807, 2.05) is 4.90 Å². The first-order valence-corrected chi connectivity index (χ1v) is 8.96. The monoisotopic (exact) mass is 364 g/mol. The van der Waals surface area contributed by atoms with Gasteiger partial charge in [-0.3, -0.25) is 14.3 Å². The van der Waals surface area contributed by atoms with Gasteiger partial charge in [-0.05, 0) is 32.6 Å². The molecule has 0 unspecified atom stereocenters. The second-order valence-corrected chi connectivity index (χ2v) is 6.79. The second kappa shape index (κ2) is 7.35. The average molecular weight is 364 g/mol. The van der Waals surface area contributed by atoms with Gasteiger partial charge >= 0.3 is 17.7 Å². The molecule has 0 bridgehead atoms. The van der Waals surface area contributed by atoms with Gasteiger partial charge in [-0.2, -0.15) is 0 Å². The minimum absolute atomic E-state index is 0.0549. The van der Waals surface area contributed by atoms with Gasteiger partial charge in [-0.25, -0.2) is 14.4 Å². The molecule has 142 valence electrons. The van der Waals surface area contributed by atoms with Crippen molar-refractivity contribution in [3.05, 3.63) is 32.6 Å². The lowest BCUT2D eigenvalue weighted by Crippen LogP contribution is -2.42. The highest BCUT2D eigenvalue weighted by Gasteiger charge is 2.34. The molecular weight excluding hydrogens is 340 g/mol. The Morgan fingerprint density at radius 1 is 1.15 bits per heavy atom. The van der Waals surface area contributed by atoms with Crippen molar-refractivity contribution in [3.8, 4) is 0 Å². The molecule has 0 spiro atoms. The van der Waals surface area contributed by atoms with Crippen molar-refractivity contribution in [1.82, 2.24) is 19.4 Å². The summed E-state index contributed by atoms with van der Waals surface area (Å²) in [5.41, 5.74) is -1.42. The molecule has 2 aliphatic rings. The van der Waals surface area contributed by atoms with Gasteiger partial charge in [-0.1, -0.05) is 0 Å². The van der Waals surface area contributed by atoms with Crippen LogP contribution in [-0.4, -0.2) is 64.1 Å². The van der Waals surface area contributed by atoms with E-state index in [2.05, 4.69) is 4.98 Å². The molecule has 0 atom stereocenters. The second-order valence-electron chi connectivity index (χ2n) is 6.79. The molecule has 1 aromatic heterocycles. The molecule has 1 saturated heterocycles. The Morgan fingerprint density at radius 2 is 1.81 bits per heavy atom. The summed E-state index contributed by atoms with van der Waals surface area (Å²) in [4.78, 5) is 53.9. The van der Waals surface area contributed by atoms with E-state index in [0.29, 0.717) is 12.8 Å². The first kappa shape index (κ1) is 18.2. The van der Waals surface area contributed by atoms with Crippen LogP contribution in [0.2, 0.25) is 0 Å². The number of ether oxygens (including phenoxy) is 1. The van der Waals surface area contributed by atoms with E-state index < -0.39 is 17.2 Å². The lowest BCUT2D eigenvalue weighted by Gasteiger charge is -2.34. The number of likely N-dealkylation sites (N-methyl/N-ethyl adjacent to an activating group) is 1. The van der Waals surface area contributed by atoms with E-state index in [9.17, 15) is 19.2 Å². The van der Waals surface area contributed by atoms with Crippen LogP contribution in [0.15, 0.2) is 15.8 Å². The molecule has 1 aromatic rings. The Labute approximate surface area is 150 Å². The summed E-state index contributed by atoms with van der Waals surface area (Å²) in [6.07, 6.45) is 4.27. The molecule has 2 amide bonds. The third-order valence-electron chi connectivity index (χ3n) is 5.21. The molecular formula is C17H24N4O5. The van der Waals surface area contributed by atoms with Crippen LogP contribution in [0.5, 0.6) is 0 Å². The topological polar surface area (TPSA) is 105 Å². The maximum absolute atomic E-state index is 12.2. The SMILES string of the molecule is CCOC(=O)c1cn(C2CCC(N3CCN(C)C3=O)CC2)c(=O)[nH]c1=O. The number of rotatable bonds is 4. The van der Waals surface area contributed by atoms with Gasteiger partial charge in [0, 0.05) is 38.4 Å². The van der Waals surface area contributed by atoms with Crippen LogP contribution in [0.4, 0.5) is 4.79 Å². The Balaban J connectivity index is 1.74. The number of aromatic amines is 1. The molecule has 26 heavy (non-hydrogen) atoms. The number of hydrogen-bond donors (Lipinski definition) is 1. The van der Waals surface area contributed by atoms with Crippen molar-refractivity contribution in [2.45, 2.75) is 44.7 Å². The summed E-state index contributed by atoms with van der Waals surface area (Å²) in [7, 11) is 1.80.